The van der Waals surface area contributed by atoms with Gasteiger partial charge >= 0.3 is 0 Å². The van der Waals surface area contributed by atoms with Gasteiger partial charge in [0.1, 0.15) is 5.75 Å². The van der Waals surface area contributed by atoms with Gasteiger partial charge in [0.15, 0.2) is 0 Å². The van der Waals surface area contributed by atoms with Crippen LogP contribution in [-0.4, -0.2) is 14.2 Å². The van der Waals surface area contributed by atoms with Gasteiger partial charge in [-0.1, -0.05) is 32.1 Å². The molecule has 0 saturated heterocycles. The molecule has 0 aliphatic carbocycles. The molecule has 0 aromatic heterocycles. The molecule has 0 radical (unpaired) electrons. The number of benzene rings is 1. The summed E-state index contributed by atoms with van der Waals surface area (Å²) in [6, 6.07) is 6.15. The molecule has 1 rings (SSSR count). The fraction of sp³-hybridized carbons (Fsp3) is 0.429. The quantitative estimate of drug-likeness (QED) is 0.830. The second kappa shape index (κ2) is 11.8. The molecule has 1 aromatic carbocycles. The van der Waals surface area contributed by atoms with E-state index in [9.17, 15) is 0 Å². The van der Waals surface area contributed by atoms with Crippen LogP contribution in [0.15, 0.2) is 24.3 Å². The molecule has 1 aromatic rings. The monoisotopic (exact) mass is 223 g/mol. The maximum absolute atomic E-state index is 5.15. The van der Waals surface area contributed by atoms with E-state index in [0.29, 0.717) is 0 Å². The summed E-state index contributed by atoms with van der Waals surface area (Å²) >= 11 is 0. The van der Waals surface area contributed by atoms with Crippen molar-refractivity contribution in [2.75, 3.05) is 14.2 Å². The molecule has 2 N–H and O–H groups in total. The van der Waals surface area contributed by atoms with Gasteiger partial charge in [0.05, 0.1) is 7.11 Å². The minimum absolute atomic E-state index is 0.947. The van der Waals surface area contributed by atoms with Crippen LogP contribution >= 0.6 is 0 Å². The molecule has 0 atom stereocenters. The van der Waals surface area contributed by atoms with Gasteiger partial charge in [-0.15, -0.1) is 0 Å². The maximum Gasteiger partial charge on any atom is 0.121 e. The van der Waals surface area contributed by atoms with Crippen molar-refractivity contribution in [1.82, 2.24) is 0 Å². The van der Waals surface area contributed by atoms with Gasteiger partial charge in [0.25, 0.3) is 0 Å². The zero-order valence-corrected chi connectivity index (χ0v) is 11.4. The Labute approximate surface area is 100 Å². The Morgan fingerprint density at radius 3 is 2.12 bits per heavy atom. The first-order valence-corrected chi connectivity index (χ1v) is 5.63. The lowest BCUT2D eigenvalue weighted by atomic mass is 10.1. The average Bonchev–Trinajstić information content (AvgIpc) is 2.35. The van der Waals surface area contributed by atoms with Crippen LogP contribution in [0.5, 0.6) is 5.75 Å². The predicted octanol–water partition coefficient (Wildman–Crippen LogP) is 3.64. The van der Waals surface area contributed by atoms with Crippen LogP contribution in [0.1, 0.15) is 31.9 Å². The van der Waals surface area contributed by atoms with Gasteiger partial charge < -0.3 is 10.5 Å². The average molecular weight is 223 g/mol. The van der Waals surface area contributed by atoms with Crippen molar-refractivity contribution >= 4 is 6.08 Å². The number of allylic oxidation sites excluding steroid dienone is 1. The Morgan fingerprint density at radius 2 is 1.75 bits per heavy atom. The lowest BCUT2D eigenvalue weighted by Crippen LogP contribution is -1.86. The maximum atomic E-state index is 5.15. The Balaban J connectivity index is 0. The highest BCUT2D eigenvalue weighted by molar-refractivity contribution is 5.52. The third-order valence-electron chi connectivity index (χ3n) is 1.78. The molecule has 16 heavy (non-hydrogen) atoms. The third-order valence-corrected chi connectivity index (χ3v) is 1.78. The summed E-state index contributed by atoms with van der Waals surface area (Å²) in [4.78, 5) is 0. The fourth-order valence-corrected chi connectivity index (χ4v) is 1.20. The number of hydrogen-bond acceptors (Lipinski definition) is 2. The number of rotatable bonds is 2. The van der Waals surface area contributed by atoms with Gasteiger partial charge in [-0.2, -0.15) is 0 Å². The van der Waals surface area contributed by atoms with Crippen molar-refractivity contribution in [3.05, 3.63) is 35.4 Å². The van der Waals surface area contributed by atoms with Crippen molar-refractivity contribution in [3.63, 3.8) is 0 Å². The van der Waals surface area contributed by atoms with E-state index in [4.69, 9.17) is 4.74 Å². The topological polar surface area (TPSA) is 35.2 Å². The van der Waals surface area contributed by atoms with Crippen LogP contribution in [0, 0.1) is 6.92 Å². The molecular formula is C14H25NO. The second-order valence-corrected chi connectivity index (χ2v) is 2.73. The summed E-state index contributed by atoms with van der Waals surface area (Å²) in [6.07, 6.45) is 4.10. The summed E-state index contributed by atoms with van der Waals surface area (Å²) in [6.45, 7) is 8.06. The first-order valence-electron chi connectivity index (χ1n) is 5.63. The van der Waals surface area contributed by atoms with Crippen LogP contribution in [-0.2, 0) is 0 Å². The van der Waals surface area contributed by atoms with Gasteiger partial charge in [-0.05, 0) is 44.2 Å². The highest BCUT2D eigenvalue weighted by Gasteiger charge is 1.96. The Hall–Kier alpha value is -1.28. The standard InChI is InChI=1S/C11H14O.C2H6.CH5N/c1-4-5-10-6-7-11(12-3)9(2)8-10;2*1-2/h4-8H,1-3H3;1-2H3;2H2,1H3/b5-4+;;. The first kappa shape index (κ1) is 17.1. The smallest absolute Gasteiger partial charge is 0.121 e. The zero-order chi connectivity index (χ0) is 13.0. The number of aryl methyl sites for hydroxylation is 1. The molecule has 0 bridgehead atoms. The van der Waals surface area contributed by atoms with Gasteiger partial charge in [-0.25, -0.2) is 0 Å². The first-order chi connectivity index (χ1) is 7.77. The summed E-state index contributed by atoms with van der Waals surface area (Å²) in [5.74, 6) is 0.947. The second-order valence-electron chi connectivity index (χ2n) is 2.73. The molecule has 0 amide bonds. The molecule has 2 nitrogen and oxygen atoms in total. The summed E-state index contributed by atoms with van der Waals surface area (Å²) in [7, 11) is 3.19. The Kier molecular flexibility index (Phi) is 12.6. The zero-order valence-electron chi connectivity index (χ0n) is 11.4. The molecule has 0 saturated carbocycles. The van der Waals surface area contributed by atoms with E-state index >= 15 is 0 Å². The van der Waals surface area contributed by atoms with E-state index < -0.39 is 0 Å². The Bertz CT molecular complexity index is 293. The number of hydrogen-bond donors (Lipinski definition) is 1. The van der Waals surface area contributed by atoms with Crippen LogP contribution in [0.3, 0.4) is 0 Å². The molecule has 0 spiro atoms. The normalized spacial score (nSPS) is 8.69. The minimum Gasteiger partial charge on any atom is -0.496 e. The fourth-order valence-electron chi connectivity index (χ4n) is 1.20. The molecule has 0 fully saturated rings. The lowest BCUT2D eigenvalue weighted by molar-refractivity contribution is 0.411. The molecule has 92 valence electrons. The van der Waals surface area contributed by atoms with Crippen molar-refractivity contribution in [2.24, 2.45) is 5.73 Å². The van der Waals surface area contributed by atoms with E-state index in [1.165, 1.54) is 18.2 Å². The number of ether oxygens (including phenoxy) is 1. The highest BCUT2D eigenvalue weighted by Crippen LogP contribution is 2.18. The van der Waals surface area contributed by atoms with Crippen LogP contribution in [0.25, 0.3) is 6.08 Å². The summed E-state index contributed by atoms with van der Waals surface area (Å²) in [5, 5.41) is 0. The molecule has 0 unspecified atom stereocenters. The van der Waals surface area contributed by atoms with E-state index in [1.54, 1.807) is 7.11 Å². The summed E-state index contributed by atoms with van der Waals surface area (Å²) < 4.78 is 5.15. The molecule has 0 aliphatic heterocycles. The van der Waals surface area contributed by atoms with Gasteiger partial charge in [-0.3, -0.25) is 0 Å². The van der Waals surface area contributed by atoms with E-state index in [0.717, 1.165) is 5.75 Å². The SMILES string of the molecule is C/C=C/c1ccc(OC)c(C)c1.CC.CN. The van der Waals surface area contributed by atoms with Crippen molar-refractivity contribution in [2.45, 2.75) is 27.7 Å². The molecular weight excluding hydrogens is 198 g/mol. The number of methoxy groups -OCH3 is 1. The van der Waals surface area contributed by atoms with Gasteiger partial charge in [0.2, 0.25) is 0 Å². The molecule has 2 heteroatoms. The largest absolute Gasteiger partial charge is 0.496 e. The minimum atomic E-state index is 0.947. The Morgan fingerprint density at radius 1 is 1.19 bits per heavy atom. The molecule has 0 aliphatic rings. The third kappa shape index (κ3) is 6.25. The van der Waals surface area contributed by atoms with E-state index in [2.05, 4.69) is 17.9 Å². The van der Waals surface area contributed by atoms with Crippen molar-refractivity contribution in [3.8, 4) is 5.75 Å². The number of nitrogens with two attached hydrogens (primary N) is 1. The summed E-state index contributed by atoms with van der Waals surface area (Å²) in [5.41, 5.74) is 6.89. The lowest BCUT2D eigenvalue weighted by Gasteiger charge is -2.04. The van der Waals surface area contributed by atoms with Crippen LogP contribution in [0.2, 0.25) is 0 Å². The van der Waals surface area contributed by atoms with Crippen LogP contribution < -0.4 is 10.5 Å². The molecule has 0 heterocycles. The van der Waals surface area contributed by atoms with E-state index in [-0.39, 0.29) is 0 Å². The predicted molar refractivity (Wildman–Crippen MR) is 73.9 cm³/mol. The van der Waals surface area contributed by atoms with Crippen molar-refractivity contribution < 1.29 is 4.74 Å². The van der Waals surface area contributed by atoms with E-state index in [1.807, 2.05) is 45.9 Å². The highest BCUT2D eigenvalue weighted by atomic mass is 16.5. The van der Waals surface area contributed by atoms with Crippen molar-refractivity contribution in [1.29, 1.82) is 0 Å². The van der Waals surface area contributed by atoms with Gasteiger partial charge in [0, 0.05) is 0 Å². The van der Waals surface area contributed by atoms with Crippen LogP contribution in [0.4, 0.5) is 0 Å².